The van der Waals surface area contributed by atoms with Crippen LogP contribution in [0.4, 0.5) is 5.69 Å². The zero-order chi connectivity index (χ0) is 16.8. The zero-order valence-electron chi connectivity index (χ0n) is 14.7. The maximum absolute atomic E-state index is 12.7. The van der Waals surface area contributed by atoms with E-state index in [1.165, 1.54) is 0 Å². The van der Waals surface area contributed by atoms with Crippen molar-refractivity contribution in [3.05, 3.63) is 60.4 Å². The van der Waals surface area contributed by atoms with E-state index in [1.807, 2.05) is 53.6 Å². The lowest BCUT2D eigenvalue weighted by molar-refractivity contribution is -0.128. The number of amides is 1. The van der Waals surface area contributed by atoms with Crippen LogP contribution in [0.25, 0.3) is 0 Å². The standard InChI is InChI=1S/C19H24N4O.2ClH/c20-11-16-8-10-22(13-16)19(24)15-23(18-6-2-1-3-7-18)14-17-5-4-9-21-12-17;;/h1-7,9,12,16H,8,10-11,13-15,20H2;2*1H. The van der Waals surface area contributed by atoms with Gasteiger partial charge in [-0.25, -0.2) is 0 Å². The van der Waals surface area contributed by atoms with E-state index in [-0.39, 0.29) is 30.7 Å². The number of hydrogen-bond acceptors (Lipinski definition) is 4. The first-order valence-corrected chi connectivity index (χ1v) is 8.43. The summed E-state index contributed by atoms with van der Waals surface area (Å²) in [6.45, 7) is 3.29. The number of benzene rings is 1. The van der Waals surface area contributed by atoms with Crippen molar-refractivity contribution in [3.8, 4) is 0 Å². The molecule has 1 aromatic heterocycles. The number of nitrogens with two attached hydrogens (primary N) is 1. The average molecular weight is 397 g/mol. The number of hydrogen-bond donors (Lipinski definition) is 1. The van der Waals surface area contributed by atoms with Crippen LogP contribution in [0.5, 0.6) is 0 Å². The van der Waals surface area contributed by atoms with E-state index >= 15 is 0 Å². The Hall–Kier alpha value is -1.82. The van der Waals surface area contributed by atoms with Crippen molar-refractivity contribution in [2.24, 2.45) is 11.7 Å². The van der Waals surface area contributed by atoms with Crippen LogP contribution in [0.2, 0.25) is 0 Å². The molecule has 2 aromatic rings. The Morgan fingerprint density at radius 2 is 1.96 bits per heavy atom. The lowest BCUT2D eigenvalue weighted by atomic mass is 10.1. The first-order chi connectivity index (χ1) is 11.8. The predicted octanol–water partition coefficient (Wildman–Crippen LogP) is 2.74. The van der Waals surface area contributed by atoms with E-state index in [4.69, 9.17) is 5.73 Å². The molecule has 0 saturated carbocycles. The fourth-order valence-corrected chi connectivity index (χ4v) is 3.10. The highest BCUT2D eigenvalue weighted by Crippen LogP contribution is 2.19. The van der Waals surface area contributed by atoms with Crippen molar-refractivity contribution in [3.63, 3.8) is 0 Å². The Bertz CT molecular complexity index is 657. The molecule has 0 radical (unpaired) electrons. The summed E-state index contributed by atoms with van der Waals surface area (Å²) in [6, 6.07) is 14.0. The van der Waals surface area contributed by atoms with E-state index in [9.17, 15) is 4.79 Å². The first kappa shape index (κ1) is 22.2. The maximum Gasteiger partial charge on any atom is 0.242 e. The number of carbonyl (C=O) groups excluding carboxylic acids is 1. The highest BCUT2D eigenvalue weighted by molar-refractivity contribution is 5.85. The molecule has 7 heteroatoms. The van der Waals surface area contributed by atoms with Gasteiger partial charge in [0.1, 0.15) is 0 Å². The van der Waals surface area contributed by atoms with Crippen LogP contribution in [0.1, 0.15) is 12.0 Å². The third kappa shape index (κ3) is 5.87. The summed E-state index contributed by atoms with van der Waals surface area (Å²) < 4.78 is 0. The van der Waals surface area contributed by atoms with Gasteiger partial charge >= 0.3 is 0 Å². The predicted molar refractivity (Wildman–Crippen MR) is 110 cm³/mol. The Labute approximate surface area is 167 Å². The fourth-order valence-electron chi connectivity index (χ4n) is 3.10. The Balaban J connectivity index is 0.00000169. The van der Waals surface area contributed by atoms with Gasteiger partial charge in [0, 0.05) is 37.7 Å². The van der Waals surface area contributed by atoms with Gasteiger partial charge in [-0.3, -0.25) is 9.78 Å². The van der Waals surface area contributed by atoms with Crippen molar-refractivity contribution in [1.29, 1.82) is 0 Å². The molecule has 0 aliphatic carbocycles. The number of likely N-dealkylation sites (tertiary alicyclic amines) is 1. The summed E-state index contributed by atoms with van der Waals surface area (Å²) in [7, 11) is 0. The Morgan fingerprint density at radius 1 is 1.19 bits per heavy atom. The van der Waals surface area contributed by atoms with Crippen LogP contribution in [0, 0.1) is 5.92 Å². The molecule has 1 aliphatic heterocycles. The summed E-state index contributed by atoms with van der Waals surface area (Å²) in [5, 5.41) is 0. The fraction of sp³-hybridized carbons (Fsp3) is 0.368. The van der Waals surface area contributed by atoms with Crippen molar-refractivity contribution < 1.29 is 4.79 Å². The maximum atomic E-state index is 12.7. The van der Waals surface area contributed by atoms with Gasteiger partial charge in [-0.1, -0.05) is 24.3 Å². The van der Waals surface area contributed by atoms with Gasteiger partial charge in [0.05, 0.1) is 6.54 Å². The minimum absolute atomic E-state index is 0. The summed E-state index contributed by atoms with van der Waals surface area (Å²) in [6.07, 6.45) is 4.62. The van der Waals surface area contributed by atoms with Crippen molar-refractivity contribution in [1.82, 2.24) is 9.88 Å². The second-order valence-corrected chi connectivity index (χ2v) is 6.28. The van der Waals surface area contributed by atoms with Gasteiger partial charge in [0.15, 0.2) is 0 Å². The largest absolute Gasteiger partial charge is 0.358 e. The number of para-hydroxylation sites is 1. The van der Waals surface area contributed by atoms with Gasteiger partial charge in [-0.05, 0) is 42.6 Å². The molecular formula is C19H26Cl2N4O. The van der Waals surface area contributed by atoms with Crippen LogP contribution in [0.3, 0.4) is 0 Å². The lowest BCUT2D eigenvalue weighted by Gasteiger charge is -2.27. The molecule has 142 valence electrons. The number of halogens is 2. The van der Waals surface area contributed by atoms with Crippen LogP contribution in [-0.2, 0) is 11.3 Å². The van der Waals surface area contributed by atoms with Crippen LogP contribution < -0.4 is 10.6 Å². The number of anilines is 1. The van der Waals surface area contributed by atoms with E-state index in [0.29, 0.717) is 25.6 Å². The molecule has 2 heterocycles. The lowest BCUT2D eigenvalue weighted by Crippen LogP contribution is -2.39. The quantitative estimate of drug-likeness (QED) is 0.814. The SMILES string of the molecule is Cl.Cl.NCC1CCN(C(=O)CN(Cc2cccnc2)c2ccccc2)C1. The van der Waals surface area contributed by atoms with E-state index in [0.717, 1.165) is 30.8 Å². The normalized spacial score (nSPS) is 15.7. The van der Waals surface area contributed by atoms with Crippen LogP contribution >= 0.6 is 24.8 Å². The highest BCUT2D eigenvalue weighted by atomic mass is 35.5. The third-order valence-corrected chi connectivity index (χ3v) is 4.52. The summed E-state index contributed by atoms with van der Waals surface area (Å²) in [4.78, 5) is 20.9. The molecule has 1 aromatic carbocycles. The molecule has 1 unspecified atom stereocenters. The molecule has 26 heavy (non-hydrogen) atoms. The number of aromatic nitrogens is 1. The van der Waals surface area contributed by atoms with Gasteiger partial charge in [0.2, 0.25) is 5.91 Å². The number of rotatable bonds is 6. The van der Waals surface area contributed by atoms with E-state index < -0.39 is 0 Å². The van der Waals surface area contributed by atoms with Gasteiger partial charge in [-0.15, -0.1) is 24.8 Å². The Morgan fingerprint density at radius 3 is 2.58 bits per heavy atom. The average Bonchev–Trinajstić information content (AvgIpc) is 3.12. The number of nitrogens with zero attached hydrogens (tertiary/aromatic N) is 3. The molecular weight excluding hydrogens is 371 g/mol. The summed E-state index contributed by atoms with van der Waals surface area (Å²) in [5.41, 5.74) is 7.87. The second-order valence-electron chi connectivity index (χ2n) is 6.28. The molecule has 1 atom stereocenters. The second kappa shape index (κ2) is 11.0. The Kier molecular flexibility index (Phi) is 9.41. The van der Waals surface area contributed by atoms with Crippen LogP contribution in [-0.4, -0.2) is 42.0 Å². The topological polar surface area (TPSA) is 62.5 Å². The highest BCUT2D eigenvalue weighted by Gasteiger charge is 2.26. The zero-order valence-corrected chi connectivity index (χ0v) is 16.3. The minimum atomic E-state index is 0. The van der Waals surface area contributed by atoms with Crippen molar-refractivity contribution in [2.75, 3.05) is 31.1 Å². The molecule has 1 fully saturated rings. The molecule has 1 saturated heterocycles. The van der Waals surface area contributed by atoms with E-state index in [1.54, 1.807) is 6.20 Å². The molecule has 0 bridgehead atoms. The smallest absolute Gasteiger partial charge is 0.242 e. The molecule has 2 N–H and O–H groups in total. The number of carbonyl (C=O) groups is 1. The van der Waals surface area contributed by atoms with Gasteiger partial charge in [-0.2, -0.15) is 0 Å². The third-order valence-electron chi connectivity index (χ3n) is 4.52. The summed E-state index contributed by atoms with van der Waals surface area (Å²) in [5.74, 6) is 0.608. The molecule has 3 rings (SSSR count). The molecule has 1 amide bonds. The minimum Gasteiger partial charge on any atom is -0.358 e. The van der Waals surface area contributed by atoms with E-state index in [2.05, 4.69) is 9.88 Å². The first-order valence-electron chi connectivity index (χ1n) is 8.43. The van der Waals surface area contributed by atoms with Crippen LogP contribution in [0.15, 0.2) is 54.9 Å². The van der Waals surface area contributed by atoms with Gasteiger partial charge < -0.3 is 15.5 Å². The number of pyridine rings is 1. The van der Waals surface area contributed by atoms with Crippen molar-refractivity contribution in [2.45, 2.75) is 13.0 Å². The summed E-state index contributed by atoms with van der Waals surface area (Å²) >= 11 is 0. The van der Waals surface area contributed by atoms with Crippen molar-refractivity contribution >= 4 is 36.4 Å². The molecule has 0 spiro atoms. The van der Waals surface area contributed by atoms with Gasteiger partial charge in [0.25, 0.3) is 0 Å². The monoisotopic (exact) mass is 396 g/mol. The molecule has 5 nitrogen and oxygen atoms in total. The molecule has 1 aliphatic rings.